The first-order valence-corrected chi connectivity index (χ1v) is 17.4. The maximum absolute atomic E-state index is 13.5. The van der Waals surface area contributed by atoms with Gasteiger partial charge in [0.2, 0.25) is 5.91 Å². The Labute approximate surface area is 297 Å². The minimum atomic E-state index is -0.664. The maximum Gasteiger partial charge on any atom is 0.419 e. The number of anilines is 2. The van der Waals surface area contributed by atoms with Gasteiger partial charge in [-0.2, -0.15) is 0 Å². The van der Waals surface area contributed by atoms with E-state index in [2.05, 4.69) is 44.4 Å². The van der Waals surface area contributed by atoms with Crippen molar-refractivity contribution in [1.82, 2.24) is 24.8 Å². The number of benzene rings is 1. The average molecular weight is 690 g/mol. The Bertz CT molecular complexity index is 2020. The van der Waals surface area contributed by atoms with E-state index in [0.717, 1.165) is 55.3 Å². The molecule has 2 saturated heterocycles. The highest BCUT2D eigenvalue weighted by Gasteiger charge is 2.31. The molecule has 12 nitrogen and oxygen atoms in total. The largest absolute Gasteiger partial charge is 0.443 e. The zero-order valence-corrected chi connectivity index (χ0v) is 29.5. The molecule has 51 heavy (non-hydrogen) atoms. The molecular formula is C39H43N7O5. The summed E-state index contributed by atoms with van der Waals surface area (Å²) >= 11 is 0. The van der Waals surface area contributed by atoms with E-state index < -0.39 is 17.7 Å². The number of hydrogen-bond donors (Lipinski definition) is 2. The van der Waals surface area contributed by atoms with Crippen LogP contribution in [0.3, 0.4) is 0 Å². The number of nitrogens with zero attached hydrogens (tertiary/aromatic N) is 5. The van der Waals surface area contributed by atoms with Crippen LogP contribution in [-0.2, 0) is 16.0 Å². The second-order valence-electron chi connectivity index (χ2n) is 13.9. The number of fused-ring (bicyclic) bond motifs is 1. The van der Waals surface area contributed by atoms with E-state index in [4.69, 9.17) is 4.74 Å². The minimum absolute atomic E-state index is 0.0848. The highest BCUT2D eigenvalue weighted by atomic mass is 16.6. The normalized spacial score (nSPS) is 16.5. The summed E-state index contributed by atoms with van der Waals surface area (Å²) in [5.74, 6) is 6.47. The third-order valence-corrected chi connectivity index (χ3v) is 8.91. The summed E-state index contributed by atoms with van der Waals surface area (Å²) in [6.45, 7) is 6.78. The number of hydrogen-bond acceptors (Lipinski definition) is 8. The number of aromatic nitrogens is 3. The van der Waals surface area contributed by atoms with Crippen molar-refractivity contribution in [2.75, 3.05) is 30.4 Å². The Morgan fingerprint density at radius 2 is 1.86 bits per heavy atom. The highest BCUT2D eigenvalue weighted by Crippen LogP contribution is 2.35. The van der Waals surface area contributed by atoms with E-state index in [1.54, 1.807) is 47.2 Å². The van der Waals surface area contributed by atoms with Gasteiger partial charge in [-0.05, 0) is 108 Å². The first kappa shape index (κ1) is 35.3. The number of nitrogens with one attached hydrogen (secondary N) is 2. The summed E-state index contributed by atoms with van der Waals surface area (Å²) < 4.78 is 7.42. The van der Waals surface area contributed by atoms with Crippen molar-refractivity contribution < 1.29 is 23.9 Å². The van der Waals surface area contributed by atoms with Crippen LogP contribution in [0.5, 0.6) is 0 Å². The Morgan fingerprint density at radius 1 is 1.06 bits per heavy atom. The van der Waals surface area contributed by atoms with Gasteiger partial charge in [0.05, 0.1) is 11.6 Å². The highest BCUT2D eigenvalue weighted by molar-refractivity contribution is 6.05. The number of carbonyl (C=O) groups excluding carboxylic acids is 4. The molecule has 1 aromatic carbocycles. The number of imide groups is 1. The zero-order valence-electron chi connectivity index (χ0n) is 29.5. The quantitative estimate of drug-likeness (QED) is 0.159. The number of rotatable bonds is 8. The fraction of sp³-hybridized carbons (Fsp3) is 0.385. The van der Waals surface area contributed by atoms with Crippen molar-refractivity contribution in [3.63, 3.8) is 0 Å². The van der Waals surface area contributed by atoms with Gasteiger partial charge in [-0.25, -0.2) is 24.1 Å². The molecule has 0 spiro atoms. The summed E-state index contributed by atoms with van der Waals surface area (Å²) in [7, 11) is 2.06. The second kappa shape index (κ2) is 15.1. The molecule has 3 aromatic heterocycles. The molecule has 6 rings (SSSR count). The minimum Gasteiger partial charge on any atom is -0.443 e. The van der Waals surface area contributed by atoms with Crippen molar-refractivity contribution in [2.24, 2.45) is 0 Å². The van der Waals surface area contributed by atoms with Crippen molar-refractivity contribution in [1.29, 1.82) is 0 Å². The molecule has 2 aliphatic heterocycles. The number of pyridine rings is 2. The number of ether oxygens (including phenoxy) is 1. The lowest BCUT2D eigenvalue weighted by molar-refractivity contribution is -0.120. The number of urea groups is 1. The summed E-state index contributed by atoms with van der Waals surface area (Å²) in [5, 5.41) is 6.00. The number of carbonyl (C=O) groups is 4. The second-order valence-corrected chi connectivity index (χ2v) is 13.9. The number of aryl methyl sites for hydroxylation is 1. The van der Waals surface area contributed by atoms with Gasteiger partial charge in [0.1, 0.15) is 22.9 Å². The molecule has 2 N–H and O–H groups in total. The van der Waals surface area contributed by atoms with E-state index in [-0.39, 0.29) is 24.3 Å². The van der Waals surface area contributed by atoms with Crippen LogP contribution >= 0.6 is 0 Å². The molecule has 0 bridgehead atoms. The van der Waals surface area contributed by atoms with E-state index in [1.165, 1.54) is 4.90 Å². The first-order chi connectivity index (χ1) is 24.4. The molecule has 1 atom stereocenters. The summed E-state index contributed by atoms with van der Waals surface area (Å²) in [6.07, 6.45) is 6.82. The molecule has 5 heterocycles. The molecule has 0 saturated carbocycles. The van der Waals surface area contributed by atoms with Gasteiger partial charge >= 0.3 is 12.1 Å². The lowest BCUT2D eigenvalue weighted by Gasteiger charge is -2.25. The lowest BCUT2D eigenvalue weighted by atomic mass is 10.0. The zero-order chi connectivity index (χ0) is 36.1. The van der Waals surface area contributed by atoms with Crippen molar-refractivity contribution in [3.8, 4) is 11.8 Å². The van der Waals surface area contributed by atoms with Gasteiger partial charge < -0.3 is 10.1 Å². The molecule has 0 aliphatic carbocycles. The van der Waals surface area contributed by atoms with Crippen LogP contribution in [0.1, 0.15) is 92.6 Å². The predicted molar refractivity (Wildman–Crippen MR) is 195 cm³/mol. The third kappa shape index (κ3) is 8.61. The fourth-order valence-electron chi connectivity index (χ4n) is 6.36. The van der Waals surface area contributed by atoms with Crippen molar-refractivity contribution >= 4 is 46.5 Å². The SMILES string of the molecule is CN1CCC[C@@H]1c1cc2cnc(NC(=O)c3ccc(CCCCC#Cc4cccc(N5CCC(=O)NC5=O)n4)cc3)cc2n1C(=O)OC(C)(C)C. The molecule has 12 heteroatoms. The molecule has 2 fully saturated rings. The predicted octanol–water partition coefficient (Wildman–Crippen LogP) is 6.44. The van der Waals surface area contributed by atoms with Crippen LogP contribution in [0.4, 0.5) is 21.2 Å². The first-order valence-electron chi connectivity index (χ1n) is 17.4. The smallest absolute Gasteiger partial charge is 0.419 e. The molecule has 4 amide bonds. The topological polar surface area (TPSA) is 139 Å². The Hall–Kier alpha value is -5.54. The summed E-state index contributed by atoms with van der Waals surface area (Å²) in [6, 6.07) is 16.2. The van der Waals surface area contributed by atoms with Crippen LogP contribution in [0.15, 0.2) is 60.8 Å². The average Bonchev–Trinajstić information content (AvgIpc) is 3.68. The van der Waals surface area contributed by atoms with Crippen molar-refractivity contribution in [2.45, 2.75) is 77.4 Å². The van der Waals surface area contributed by atoms with E-state index in [0.29, 0.717) is 41.4 Å². The number of amides is 4. The molecule has 4 aromatic rings. The number of likely N-dealkylation sites (tertiary alicyclic amines) is 1. The summed E-state index contributed by atoms with van der Waals surface area (Å²) in [4.78, 5) is 62.8. The van der Waals surface area contributed by atoms with Gasteiger partial charge in [-0.1, -0.05) is 24.1 Å². The molecule has 264 valence electrons. The van der Waals surface area contributed by atoms with E-state index in [1.807, 2.05) is 39.0 Å². The van der Waals surface area contributed by atoms with Crippen LogP contribution in [0.25, 0.3) is 10.9 Å². The number of unbranched alkanes of at least 4 members (excludes halogenated alkanes) is 2. The van der Waals surface area contributed by atoms with Gasteiger partial charge in [0.25, 0.3) is 5.91 Å². The van der Waals surface area contributed by atoms with Gasteiger partial charge in [-0.15, -0.1) is 0 Å². The molecular weight excluding hydrogens is 646 g/mol. The van der Waals surface area contributed by atoms with Crippen LogP contribution in [0.2, 0.25) is 0 Å². The van der Waals surface area contributed by atoms with Gasteiger partial charge in [0.15, 0.2) is 0 Å². The lowest BCUT2D eigenvalue weighted by Crippen LogP contribution is -2.49. The monoisotopic (exact) mass is 689 g/mol. The van der Waals surface area contributed by atoms with E-state index >= 15 is 0 Å². The molecule has 2 aliphatic rings. The van der Waals surface area contributed by atoms with Gasteiger partial charge in [-0.3, -0.25) is 24.7 Å². The Morgan fingerprint density at radius 3 is 2.59 bits per heavy atom. The van der Waals surface area contributed by atoms with Crippen molar-refractivity contribution in [3.05, 3.63) is 83.3 Å². The Kier molecular flexibility index (Phi) is 10.5. The molecule has 0 unspecified atom stereocenters. The van der Waals surface area contributed by atoms with E-state index in [9.17, 15) is 19.2 Å². The molecule has 0 radical (unpaired) electrons. The maximum atomic E-state index is 13.5. The fourth-order valence-corrected chi connectivity index (χ4v) is 6.36. The van der Waals surface area contributed by atoms with Crippen LogP contribution in [0, 0.1) is 11.8 Å². The standard InChI is InChI=1S/C39H43N7O5/c1-39(2,3)51-38(50)46-31-24-33(40-25-28(31)23-32(46)30-14-10-21-44(30)4)42-36(48)27-18-16-26(17-19-27)11-7-5-6-8-12-29-13-9-15-34(41-29)45-22-20-35(47)43-37(45)49/h9,13,15-19,23-25,30H,5-7,10-11,14,20-22H2,1-4H3,(H,40,42,48)(H,43,47,49)/t30-/m1/s1. The van der Waals surface area contributed by atoms with Crippen LogP contribution < -0.4 is 15.5 Å². The summed E-state index contributed by atoms with van der Waals surface area (Å²) in [5.41, 5.74) is 3.03. The van der Waals surface area contributed by atoms with Crippen LogP contribution in [-0.4, -0.2) is 69.1 Å². The van der Waals surface area contributed by atoms with Gasteiger partial charge in [0, 0.05) is 48.3 Å². The Balaban J connectivity index is 1.03. The third-order valence-electron chi connectivity index (χ3n) is 8.91.